The number of H-pyrrole nitrogens is 2. The summed E-state index contributed by atoms with van der Waals surface area (Å²) in [6, 6.07) is 6.57. The third kappa shape index (κ3) is 4.96. The zero-order valence-electron chi connectivity index (χ0n) is 17.8. The van der Waals surface area contributed by atoms with Crippen LogP contribution >= 0.6 is 24.0 Å². The number of aromatic amines is 2. The molecule has 1 aliphatic rings. The minimum absolute atomic E-state index is 0. The number of nitrogens with one attached hydrogen (secondary N) is 3. The molecule has 3 N–H and O–H groups in total. The standard InChI is InChI=1S/C22H31N7.HI/c1-3-16-6-5-7-19-18(14-25-20(16)19)8-11-24-22(23-4-2)29-12-9-17(10-13-29)21-26-15-27-28-21;/h5-7,14-15,17,25H,3-4,8-13H2,1-2H3,(H,23,24)(H,26,27,28);1H. The highest BCUT2D eigenvalue weighted by atomic mass is 127. The van der Waals surface area contributed by atoms with Crippen molar-refractivity contribution < 1.29 is 0 Å². The third-order valence-corrected chi connectivity index (χ3v) is 5.86. The Bertz CT molecular complexity index is 940. The normalized spacial score (nSPS) is 15.4. The molecule has 1 aromatic carbocycles. The zero-order chi connectivity index (χ0) is 20.1. The molecule has 0 atom stereocenters. The van der Waals surface area contributed by atoms with E-state index in [0.717, 1.165) is 63.6 Å². The van der Waals surface area contributed by atoms with Crippen molar-refractivity contribution in [2.24, 2.45) is 4.99 Å². The van der Waals surface area contributed by atoms with Gasteiger partial charge in [-0.2, -0.15) is 5.10 Å². The van der Waals surface area contributed by atoms with E-state index in [1.165, 1.54) is 22.0 Å². The first-order valence-electron chi connectivity index (χ1n) is 10.8. The van der Waals surface area contributed by atoms with Gasteiger partial charge in [-0.15, -0.1) is 24.0 Å². The van der Waals surface area contributed by atoms with Crippen molar-refractivity contribution in [3.8, 4) is 0 Å². The molecule has 1 saturated heterocycles. The molecule has 162 valence electrons. The Morgan fingerprint density at radius 3 is 2.77 bits per heavy atom. The van der Waals surface area contributed by atoms with Crippen molar-refractivity contribution in [3.05, 3.63) is 47.7 Å². The van der Waals surface area contributed by atoms with Gasteiger partial charge in [-0.25, -0.2) is 4.98 Å². The number of aryl methyl sites for hydroxylation is 1. The van der Waals surface area contributed by atoms with Crippen LogP contribution in [0.25, 0.3) is 10.9 Å². The number of likely N-dealkylation sites (tertiary alicyclic amines) is 1. The summed E-state index contributed by atoms with van der Waals surface area (Å²) in [5.74, 6) is 2.51. The maximum absolute atomic E-state index is 4.93. The predicted octanol–water partition coefficient (Wildman–Crippen LogP) is 3.85. The quantitative estimate of drug-likeness (QED) is 0.261. The lowest BCUT2D eigenvalue weighted by atomic mass is 9.96. The fraction of sp³-hybridized carbons (Fsp3) is 0.500. The van der Waals surface area contributed by atoms with Crippen LogP contribution in [0, 0.1) is 0 Å². The van der Waals surface area contributed by atoms with Gasteiger partial charge in [0.1, 0.15) is 12.2 Å². The highest BCUT2D eigenvalue weighted by molar-refractivity contribution is 14.0. The van der Waals surface area contributed by atoms with Crippen molar-refractivity contribution in [2.75, 3.05) is 26.2 Å². The zero-order valence-corrected chi connectivity index (χ0v) is 20.1. The summed E-state index contributed by atoms with van der Waals surface area (Å²) in [7, 11) is 0. The van der Waals surface area contributed by atoms with Crippen molar-refractivity contribution in [1.82, 2.24) is 30.4 Å². The van der Waals surface area contributed by atoms with E-state index in [4.69, 9.17) is 4.99 Å². The molecular formula is C22H32IN7. The molecule has 0 radical (unpaired) electrons. The van der Waals surface area contributed by atoms with E-state index in [1.807, 2.05) is 0 Å². The molecule has 4 rings (SSSR count). The number of guanidine groups is 1. The number of aliphatic imine (C=N–C) groups is 1. The molecule has 0 saturated carbocycles. The van der Waals surface area contributed by atoms with Gasteiger partial charge in [0.15, 0.2) is 5.96 Å². The first-order chi connectivity index (χ1) is 14.3. The molecule has 0 aliphatic carbocycles. The number of hydrogen-bond acceptors (Lipinski definition) is 3. The number of fused-ring (bicyclic) bond motifs is 1. The smallest absolute Gasteiger partial charge is 0.193 e. The molecule has 1 aliphatic heterocycles. The molecular weight excluding hydrogens is 489 g/mol. The molecule has 0 amide bonds. The summed E-state index contributed by atoms with van der Waals surface area (Å²) in [5, 5.41) is 11.8. The van der Waals surface area contributed by atoms with Gasteiger partial charge in [0.05, 0.1) is 0 Å². The van der Waals surface area contributed by atoms with Crippen LogP contribution in [-0.4, -0.2) is 57.2 Å². The average molecular weight is 521 g/mol. The fourth-order valence-corrected chi connectivity index (χ4v) is 4.26. The Labute approximate surface area is 195 Å². The number of benzene rings is 1. The molecule has 3 aromatic rings. The van der Waals surface area contributed by atoms with E-state index >= 15 is 0 Å². The maximum atomic E-state index is 4.93. The second kappa shape index (κ2) is 10.8. The van der Waals surface area contributed by atoms with E-state index in [1.54, 1.807) is 6.33 Å². The minimum Gasteiger partial charge on any atom is -0.361 e. The van der Waals surface area contributed by atoms with E-state index in [2.05, 4.69) is 68.6 Å². The van der Waals surface area contributed by atoms with Gasteiger partial charge >= 0.3 is 0 Å². The van der Waals surface area contributed by atoms with E-state index in [9.17, 15) is 0 Å². The monoisotopic (exact) mass is 521 g/mol. The molecule has 7 nitrogen and oxygen atoms in total. The van der Waals surface area contributed by atoms with E-state index in [0.29, 0.717) is 5.92 Å². The molecule has 1 fully saturated rings. The van der Waals surface area contributed by atoms with Crippen LogP contribution in [0.3, 0.4) is 0 Å². The summed E-state index contributed by atoms with van der Waals surface area (Å²) >= 11 is 0. The highest BCUT2D eigenvalue weighted by Crippen LogP contribution is 2.25. The molecule has 30 heavy (non-hydrogen) atoms. The van der Waals surface area contributed by atoms with Crippen LogP contribution in [-0.2, 0) is 12.8 Å². The number of para-hydroxylation sites is 1. The Kier molecular flexibility index (Phi) is 8.12. The molecule has 2 aromatic heterocycles. The third-order valence-electron chi connectivity index (χ3n) is 5.86. The molecule has 0 bridgehead atoms. The number of hydrogen-bond donors (Lipinski definition) is 3. The number of nitrogens with zero attached hydrogens (tertiary/aromatic N) is 4. The SMILES string of the molecule is CCNC(=NCCc1c[nH]c2c(CC)cccc12)N1CCC(c2ncn[nH]2)CC1.I. The van der Waals surface area contributed by atoms with Crippen LogP contribution in [0.4, 0.5) is 0 Å². The van der Waals surface area contributed by atoms with Gasteiger partial charge in [-0.1, -0.05) is 25.1 Å². The summed E-state index contributed by atoms with van der Waals surface area (Å²) in [5.41, 5.74) is 3.99. The Hall–Kier alpha value is -2.10. The van der Waals surface area contributed by atoms with Gasteiger partial charge in [0, 0.05) is 49.2 Å². The predicted molar refractivity (Wildman–Crippen MR) is 133 cm³/mol. The largest absolute Gasteiger partial charge is 0.361 e. The summed E-state index contributed by atoms with van der Waals surface area (Å²) < 4.78 is 0. The molecule has 8 heteroatoms. The Morgan fingerprint density at radius 1 is 1.23 bits per heavy atom. The van der Waals surface area contributed by atoms with Crippen molar-refractivity contribution >= 4 is 40.8 Å². The average Bonchev–Trinajstić information content (AvgIpc) is 3.44. The van der Waals surface area contributed by atoms with Gasteiger partial charge in [-0.3, -0.25) is 10.1 Å². The summed E-state index contributed by atoms with van der Waals surface area (Å²) in [4.78, 5) is 15.1. The van der Waals surface area contributed by atoms with Crippen LogP contribution in [0.15, 0.2) is 35.7 Å². The van der Waals surface area contributed by atoms with Gasteiger partial charge in [-0.05, 0) is 43.7 Å². The Balaban J connectivity index is 0.00000256. The van der Waals surface area contributed by atoms with Crippen LogP contribution < -0.4 is 5.32 Å². The van der Waals surface area contributed by atoms with Gasteiger partial charge in [0.2, 0.25) is 0 Å². The van der Waals surface area contributed by atoms with Gasteiger partial charge < -0.3 is 15.2 Å². The maximum Gasteiger partial charge on any atom is 0.193 e. The molecule has 0 unspecified atom stereocenters. The van der Waals surface area contributed by atoms with Crippen molar-refractivity contribution in [3.63, 3.8) is 0 Å². The van der Waals surface area contributed by atoms with Crippen molar-refractivity contribution in [1.29, 1.82) is 0 Å². The molecule has 3 heterocycles. The fourth-order valence-electron chi connectivity index (χ4n) is 4.26. The van der Waals surface area contributed by atoms with Crippen molar-refractivity contribution in [2.45, 2.75) is 45.4 Å². The first kappa shape index (κ1) is 22.6. The number of rotatable bonds is 6. The van der Waals surface area contributed by atoms with Crippen LogP contribution in [0.1, 0.15) is 49.6 Å². The minimum atomic E-state index is 0. The highest BCUT2D eigenvalue weighted by Gasteiger charge is 2.24. The van der Waals surface area contributed by atoms with Gasteiger partial charge in [0.25, 0.3) is 0 Å². The topological polar surface area (TPSA) is 85.0 Å². The lowest BCUT2D eigenvalue weighted by molar-refractivity contribution is 0.299. The second-order valence-electron chi connectivity index (χ2n) is 7.62. The second-order valence-corrected chi connectivity index (χ2v) is 7.62. The van der Waals surface area contributed by atoms with Crippen LogP contribution in [0.2, 0.25) is 0 Å². The Morgan fingerprint density at radius 2 is 2.07 bits per heavy atom. The van der Waals surface area contributed by atoms with Crippen LogP contribution in [0.5, 0.6) is 0 Å². The summed E-state index contributed by atoms with van der Waals surface area (Å²) in [6.07, 6.45) is 7.88. The number of aromatic nitrogens is 4. The summed E-state index contributed by atoms with van der Waals surface area (Å²) in [6.45, 7) is 7.98. The van der Waals surface area contributed by atoms with E-state index < -0.39 is 0 Å². The number of piperidine rings is 1. The number of halogens is 1. The van der Waals surface area contributed by atoms with E-state index in [-0.39, 0.29) is 24.0 Å². The first-order valence-corrected chi connectivity index (χ1v) is 10.8. The molecule has 0 spiro atoms. The lowest BCUT2D eigenvalue weighted by Gasteiger charge is -2.33. The lowest BCUT2D eigenvalue weighted by Crippen LogP contribution is -2.45.